The second kappa shape index (κ2) is 8.48. The molecule has 4 aromatic rings. The van der Waals surface area contributed by atoms with Gasteiger partial charge in [-0.3, -0.25) is 19.3 Å². The number of amides is 1. The minimum Gasteiger partial charge on any atom is -0.303 e. The zero-order valence-electron chi connectivity index (χ0n) is 15.8. The van der Waals surface area contributed by atoms with E-state index in [1.165, 1.54) is 10.7 Å². The van der Waals surface area contributed by atoms with Crippen molar-refractivity contribution in [3.8, 4) is 5.69 Å². The molecular formula is C20H14BrFN6O3. The molecule has 2 aromatic heterocycles. The molecule has 156 valence electrons. The van der Waals surface area contributed by atoms with Crippen LogP contribution in [0.1, 0.15) is 16.1 Å². The highest BCUT2D eigenvalue weighted by atomic mass is 79.9. The summed E-state index contributed by atoms with van der Waals surface area (Å²) in [5, 5.41) is 10.6. The van der Waals surface area contributed by atoms with Crippen LogP contribution in [-0.2, 0) is 6.54 Å². The van der Waals surface area contributed by atoms with Crippen LogP contribution < -0.4 is 16.6 Å². The molecule has 0 saturated heterocycles. The number of carbonyl (C=O) groups excluding carboxylic acids is 1. The normalized spacial score (nSPS) is 10.8. The van der Waals surface area contributed by atoms with Gasteiger partial charge in [0.05, 0.1) is 16.7 Å². The Morgan fingerprint density at radius 1 is 1.06 bits per heavy atom. The Kier molecular flexibility index (Phi) is 5.58. The highest BCUT2D eigenvalue weighted by Gasteiger charge is 2.19. The number of carbonyl (C=O) groups is 1. The topological polar surface area (TPSA) is 115 Å². The van der Waals surface area contributed by atoms with Gasteiger partial charge in [-0.1, -0.05) is 36.4 Å². The summed E-state index contributed by atoms with van der Waals surface area (Å²) in [5.74, 6) is -1.12. The fraction of sp³-hybridized carbons (Fsp3) is 0.0500. The number of nitrogens with zero attached hydrogens (tertiary/aromatic N) is 4. The lowest BCUT2D eigenvalue weighted by Crippen LogP contribution is -2.37. The van der Waals surface area contributed by atoms with Crippen molar-refractivity contribution in [1.29, 1.82) is 0 Å². The Hall–Kier alpha value is -3.86. The second-order valence-corrected chi connectivity index (χ2v) is 7.28. The first-order chi connectivity index (χ1) is 14.9. The molecule has 11 heteroatoms. The van der Waals surface area contributed by atoms with Gasteiger partial charge in [0.1, 0.15) is 5.82 Å². The lowest BCUT2D eigenvalue weighted by atomic mass is 10.2. The van der Waals surface area contributed by atoms with E-state index in [9.17, 15) is 18.8 Å². The number of benzene rings is 2. The summed E-state index contributed by atoms with van der Waals surface area (Å²) in [7, 11) is 0. The lowest BCUT2D eigenvalue weighted by Gasteiger charge is -2.06. The maximum Gasteiger partial charge on any atom is 0.349 e. The molecule has 9 nitrogen and oxygen atoms in total. The summed E-state index contributed by atoms with van der Waals surface area (Å²) in [4.78, 5) is 39.0. The summed E-state index contributed by atoms with van der Waals surface area (Å²) in [6, 6.07) is 14.6. The molecule has 0 unspecified atom stereocenters. The highest BCUT2D eigenvalue weighted by Crippen LogP contribution is 2.21. The van der Waals surface area contributed by atoms with E-state index in [0.29, 0.717) is 15.7 Å². The van der Waals surface area contributed by atoms with Crippen LogP contribution in [0.25, 0.3) is 5.69 Å². The quantitative estimate of drug-likeness (QED) is 0.451. The van der Waals surface area contributed by atoms with Crippen LogP contribution in [0.5, 0.6) is 0 Å². The third-order valence-corrected chi connectivity index (χ3v) is 4.86. The molecule has 0 radical (unpaired) electrons. The Labute approximate surface area is 182 Å². The van der Waals surface area contributed by atoms with Gasteiger partial charge in [-0.25, -0.2) is 9.18 Å². The van der Waals surface area contributed by atoms with Crippen LogP contribution in [0, 0.1) is 5.82 Å². The number of rotatable bonds is 5. The molecule has 0 bridgehead atoms. The summed E-state index contributed by atoms with van der Waals surface area (Å²) >= 11 is 3.28. The predicted octanol–water partition coefficient (Wildman–Crippen LogP) is 2.32. The van der Waals surface area contributed by atoms with Crippen molar-refractivity contribution in [1.82, 2.24) is 24.5 Å². The Balaban J connectivity index is 1.60. The number of hydrogen-bond donors (Lipinski definition) is 2. The molecule has 0 atom stereocenters. The Morgan fingerprint density at radius 2 is 1.77 bits per heavy atom. The van der Waals surface area contributed by atoms with E-state index in [1.807, 2.05) is 0 Å². The smallest absolute Gasteiger partial charge is 0.303 e. The van der Waals surface area contributed by atoms with Crippen LogP contribution in [-0.4, -0.2) is 30.5 Å². The third-order valence-electron chi connectivity index (χ3n) is 4.28. The van der Waals surface area contributed by atoms with Crippen molar-refractivity contribution < 1.29 is 9.18 Å². The molecule has 4 rings (SSSR count). The van der Waals surface area contributed by atoms with E-state index < -0.39 is 22.9 Å². The summed E-state index contributed by atoms with van der Waals surface area (Å²) in [5.41, 5.74) is -1.42. The number of anilines is 1. The number of H-pyrrole nitrogens is 1. The number of hydrogen-bond acceptors (Lipinski definition) is 5. The molecule has 0 saturated carbocycles. The van der Waals surface area contributed by atoms with Crippen molar-refractivity contribution in [2.24, 2.45) is 0 Å². The van der Waals surface area contributed by atoms with Crippen molar-refractivity contribution in [2.75, 3.05) is 5.32 Å². The van der Waals surface area contributed by atoms with E-state index in [-0.39, 0.29) is 18.2 Å². The molecule has 0 aliphatic heterocycles. The third kappa shape index (κ3) is 4.36. The SMILES string of the molecule is O=C(Nc1nn(Cc2ccccc2F)cc1Br)c1nn(-c2ccccc2)c(=O)[nH]c1=O. The van der Waals surface area contributed by atoms with Crippen LogP contribution in [0.2, 0.25) is 0 Å². The zero-order chi connectivity index (χ0) is 22.0. The summed E-state index contributed by atoms with van der Waals surface area (Å²) < 4.78 is 16.6. The summed E-state index contributed by atoms with van der Waals surface area (Å²) in [6.07, 6.45) is 1.56. The van der Waals surface area contributed by atoms with Gasteiger partial charge in [-0.15, -0.1) is 0 Å². The Bertz CT molecular complexity index is 1380. The molecular weight excluding hydrogens is 471 g/mol. The summed E-state index contributed by atoms with van der Waals surface area (Å²) in [6.45, 7) is 0.138. The van der Waals surface area contributed by atoms with Crippen LogP contribution in [0.4, 0.5) is 10.2 Å². The number of aromatic nitrogens is 5. The number of nitrogens with one attached hydrogen (secondary N) is 2. The minimum absolute atomic E-state index is 0.111. The predicted molar refractivity (Wildman–Crippen MR) is 114 cm³/mol. The van der Waals surface area contributed by atoms with Gasteiger partial charge in [0.25, 0.3) is 11.5 Å². The first-order valence-electron chi connectivity index (χ1n) is 8.99. The van der Waals surface area contributed by atoms with Crippen LogP contribution in [0.3, 0.4) is 0 Å². The fourth-order valence-electron chi connectivity index (χ4n) is 2.82. The second-order valence-electron chi connectivity index (χ2n) is 6.42. The molecule has 0 aliphatic rings. The largest absolute Gasteiger partial charge is 0.349 e. The number of aromatic amines is 1. The molecule has 2 heterocycles. The Morgan fingerprint density at radius 3 is 2.52 bits per heavy atom. The van der Waals surface area contributed by atoms with E-state index in [0.717, 1.165) is 4.68 Å². The molecule has 0 fully saturated rings. The zero-order valence-corrected chi connectivity index (χ0v) is 17.3. The molecule has 1 amide bonds. The maximum absolute atomic E-state index is 13.9. The highest BCUT2D eigenvalue weighted by molar-refractivity contribution is 9.10. The lowest BCUT2D eigenvalue weighted by molar-refractivity contribution is 0.101. The van der Waals surface area contributed by atoms with Gasteiger partial charge in [0.2, 0.25) is 5.69 Å². The van der Waals surface area contributed by atoms with Gasteiger partial charge < -0.3 is 5.32 Å². The monoisotopic (exact) mass is 484 g/mol. The molecule has 0 spiro atoms. The van der Waals surface area contributed by atoms with Gasteiger partial charge in [0.15, 0.2) is 5.82 Å². The van der Waals surface area contributed by atoms with Crippen LogP contribution >= 0.6 is 15.9 Å². The molecule has 2 N–H and O–H groups in total. The van der Waals surface area contributed by atoms with Crippen LogP contribution in [0.15, 0.2) is 74.9 Å². The van der Waals surface area contributed by atoms with Gasteiger partial charge in [0, 0.05) is 11.8 Å². The average molecular weight is 485 g/mol. The number of para-hydroxylation sites is 1. The van der Waals surface area contributed by atoms with E-state index in [2.05, 4.69) is 36.4 Å². The molecule has 31 heavy (non-hydrogen) atoms. The van der Waals surface area contributed by atoms with Crippen molar-refractivity contribution in [3.63, 3.8) is 0 Å². The standard InChI is InChI=1S/C20H14BrFN6O3/c21-14-11-27(10-12-6-4-5-9-15(12)22)26-17(14)23-18(29)16-19(30)24-20(31)28(25-16)13-7-2-1-3-8-13/h1-9,11H,10H2,(H,23,26,29)(H,24,30,31). The first kappa shape index (κ1) is 20.4. The minimum atomic E-state index is -0.934. The van der Waals surface area contributed by atoms with E-state index in [4.69, 9.17) is 0 Å². The van der Waals surface area contributed by atoms with Gasteiger partial charge >= 0.3 is 5.69 Å². The molecule has 0 aliphatic carbocycles. The maximum atomic E-state index is 13.9. The molecule has 2 aromatic carbocycles. The average Bonchev–Trinajstić information content (AvgIpc) is 3.09. The fourth-order valence-corrected chi connectivity index (χ4v) is 3.24. The van der Waals surface area contributed by atoms with E-state index >= 15 is 0 Å². The van der Waals surface area contributed by atoms with Crippen molar-refractivity contribution in [2.45, 2.75) is 6.54 Å². The van der Waals surface area contributed by atoms with Crippen molar-refractivity contribution in [3.05, 3.63) is 103 Å². The van der Waals surface area contributed by atoms with Gasteiger partial charge in [-0.05, 0) is 34.1 Å². The van der Waals surface area contributed by atoms with E-state index in [1.54, 1.807) is 54.7 Å². The first-order valence-corrected chi connectivity index (χ1v) is 9.78. The van der Waals surface area contributed by atoms with Crippen molar-refractivity contribution >= 4 is 27.7 Å². The number of halogens is 2. The van der Waals surface area contributed by atoms with Gasteiger partial charge in [-0.2, -0.15) is 14.9 Å².